The van der Waals surface area contributed by atoms with Gasteiger partial charge in [-0.1, -0.05) is 6.07 Å². The third-order valence-corrected chi connectivity index (χ3v) is 5.25. The highest BCUT2D eigenvalue weighted by molar-refractivity contribution is 7.98. The first-order valence-electron chi connectivity index (χ1n) is 8.25. The first-order valence-corrected chi connectivity index (χ1v) is 11.9. The predicted molar refractivity (Wildman–Crippen MR) is 126 cm³/mol. The highest BCUT2D eigenvalue weighted by atomic mass is 32.2. The lowest BCUT2D eigenvalue weighted by Crippen LogP contribution is -2.30. The summed E-state index contributed by atoms with van der Waals surface area (Å²) in [5, 5.41) is 14.3. The fourth-order valence-corrected chi connectivity index (χ4v) is 3.31. The van der Waals surface area contributed by atoms with Gasteiger partial charge >= 0.3 is 0 Å². The average molecular weight is 417 g/mol. The summed E-state index contributed by atoms with van der Waals surface area (Å²) in [5.41, 5.74) is 3.07. The zero-order chi connectivity index (χ0) is 18.5. The quantitative estimate of drug-likeness (QED) is 0.336. The van der Waals surface area contributed by atoms with Gasteiger partial charge in [-0.05, 0) is 85.9 Å². The van der Waals surface area contributed by atoms with E-state index in [4.69, 9.17) is 24.4 Å². The van der Waals surface area contributed by atoms with Crippen molar-refractivity contribution >= 4 is 69.6 Å². The van der Waals surface area contributed by atoms with E-state index in [1.54, 1.807) is 0 Å². The minimum absolute atomic E-state index is 0.647. The van der Waals surface area contributed by atoms with Crippen LogP contribution in [0.1, 0.15) is 18.4 Å². The first kappa shape index (κ1) is 22.3. The Morgan fingerprint density at radius 1 is 0.920 bits per heavy atom. The van der Waals surface area contributed by atoms with Crippen LogP contribution in [0, 0.1) is 6.92 Å². The van der Waals surface area contributed by atoms with Gasteiger partial charge in [-0.15, -0.1) is 0 Å². The zero-order valence-electron chi connectivity index (χ0n) is 15.1. The van der Waals surface area contributed by atoms with Crippen molar-refractivity contribution in [3.63, 3.8) is 0 Å². The summed E-state index contributed by atoms with van der Waals surface area (Å²) < 4.78 is 0. The van der Waals surface area contributed by atoms with Crippen LogP contribution in [0.15, 0.2) is 18.2 Å². The van der Waals surface area contributed by atoms with Gasteiger partial charge in [-0.2, -0.15) is 23.5 Å². The summed E-state index contributed by atoms with van der Waals surface area (Å²) in [7, 11) is 0. The molecule has 0 saturated carbocycles. The standard InChI is InChI=1S/C17H28N4S4/c1-13-6-7-14(20-16(22)18-8-4-10-24-2)12-15(13)21-17(23)19-9-5-11-25-3/h6-7,12H,4-5,8-11H2,1-3H3,(H2,18,20,22)(H2,19,21,23). The molecule has 0 bridgehead atoms. The SMILES string of the molecule is CSCCCNC(=S)Nc1ccc(C)c(NC(=S)NCCCSC)c1. The van der Waals surface area contributed by atoms with Crippen molar-refractivity contribution in [3.8, 4) is 0 Å². The molecule has 0 aliphatic carbocycles. The number of rotatable bonds is 10. The maximum atomic E-state index is 5.37. The maximum Gasteiger partial charge on any atom is 0.170 e. The number of hydrogen-bond donors (Lipinski definition) is 4. The van der Waals surface area contributed by atoms with Gasteiger partial charge < -0.3 is 21.3 Å². The molecular weight excluding hydrogens is 388 g/mol. The van der Waals surface area contributed by atoms with E-state index in [2.05, 4.69) is 46.8 Å². The second-order valence-electron chi connectivity index (χ2n) is 5.48. The second-order valence-corrected chi connectivity index (χ2v) is 8.27. The molecule has 0 saturated heterocycles. The van der Waals surface area contributed by atoms with Crippen LogP contribution in [0.2, 0.25) is 0 Å². The maximum absolute atomic E-state index is 5.37. The summed E-state index contributed by atoms with van der Waals surface area (Å²) in [5.74, 6) is 2.27. The third-order valence-electron chi connectivity index (χ3n) is 3.37. The number of benzene rings is 1. The Balaban J connectivity index is 2.49. The van der Waals surface area contributed by atoms with Crippen LogP contribution < -0.4 is 21.3 Å². The zero-order valence-corrected chi connectivity index (χ0v) is 18.4. The minimum atomic E-state index is 0.647. The van der Waals surface area contributed by atoms with E-state index in [1.807, 2.05) is 35.7 Å². The highest BCUT2D eigenvalue weighted by Crippen LogP contribution is 2.20. The number of thioether (sulfide) groups is 2. The van der Waals surface area contributed by atoms with Gasteiger partial charge in [0.1, 0.15) is 0 Å². The summed E-state index contributed by atoms with van der Waals surface area (Å²) in [6, 6.07) is 6.10. The minimum Gasteiger partial charge on any atom is -0.362 e. The second kappa shape index (κ2) is 13.5. The molecule has 0 heterocycles. The van der Waals surface area contributed by atoms with Crippen molar-refractivity contribution in [2.24, 2.45) is 0 Å². The van der Waals surface area contributed by atoms with E-state index in [0.29, 0.717) is 10.2 Å². The van der Waals surface area contributed by atoms with E-state index in [-0.39, 0.29) is 0 Å². The van der Waals surface area contributed by atoms with Crippen LogP contribution in [0.4, 0.5) is 11.4 Å². The molecule has 25 heavy (non-hydrogen) atoms. The van der Waals surface area contributed by atoms with Gasteiger partial charge in [0.25, 0.3) is 0 Å². The molecule has 0 atom stereocenters. The fourth-order valence-electron chi connectivity index (χ4n) is 2.01. The third kappa shape index (κ3) is 10.1. The van der Waals surface area contributed by atoms with Gasteiger partial charge in [-0.3, -0.25) is 0 Å². The van der Waals surface area contributed by atoms with Gasteiger partial charge in [0.05, 0.1) is 0 Å². The topological polar surface area (TPSA) is 48.1 Å². The molecule has 1 rings (SSSR count). The summed E-state index contributed by atoms with van der Waals surface area (Å²) >= 11 is 14.4. The molecule has 0 aliphatic heterocycles. The molecule has 4 nitrogen and oxygen atoms in total. The molecule has 0 spiro atoms. The number of aryl methyl sites for hydroxylation is 1. The lowest BCUT2D eigenvalue weighted by atomic mass is 10.2. The number of thiocarbonyl (C=S) groups is 2. The van der Waals surface area contributed by atoms with Crippen molar-refractivity contribution in [2.75, 3.05) is 47.7 Å². The lowest BCUT2D eigenvalue weighted by Gasteiger charge is -2.15. The Morgan fingerprint density at radius 2 is 1.48 bits per heavy atom. The van der Waals surface area contributed by atoms with E-state index in [9.17, 15) is 0 Å². The van der Waals surface area contributed by atoms with E-state index in [1.165, 1.54) is 0 Å². The van der Waals surface area contributed by atoms with Crippen LogP contribution in [0.3, 0.4) is 0 Å². The molecule has 0 unspecified atom stereocenters. The number of nitrogens with one attached hydrogen (secondary N) is 4. The summed E-state index contributed by atoms with van der Waals surface area (Å²) in [6.45, 7) is 3.82. The summed E-state index contributed by atoms with van der Waals surface area (Å²) in [6.07, 6.45) is 6.42. The average Bonchev–Trinajstić information content (AvgIpc) is 2.58. The van der Waals surface area contributed by atoms with E-state index >= 15 is 0 Å². The van der Waals surface area contributed by atoms with Crippen LogP contribution in [-0.2, 0) is 0 Å². The molecule has 1 aromatic rings. The van der Waals surface area contributed by atoms with Crippen molar-refractivity contribution in [3.05, 3.63) is 23.8 Å². The Labute approximate surface area is 171 Å². The van der Waals surface area contributed by atoms with Crippen LogP contribution in [-0.4, -0.2) is 47.3 Å². The normalized spacial score (nSPS) is 10.2. The molecule has 0 aliphatic rings. The molecular formula is C17H28N4S4. The molecule has 8 heteroatoms. The van der Waals surface area contributed by atoms with Crippen molar-refractivity contribution in [1.82, 2.24) is 10.6 Å². The molecule has 0 amide bonds. The largest absolute Gasteiger partial charge is 0.362 e. The number of anilines is 2. The van der Waals surface area contributed by atoms with Crippen LogP contribution in [0.25, 0.3) is 0 Å². The Bertz CT molecular complexity index is 551. The van der Waals surface area contributed by atoms with Crippen molar-refractivity contribution < 1.29 is 0 Å². The summed E-state index contributed by atoms with van der Waals surface area (Å²) in [4.78, 5) is 0. The lowest BCUT2D eigenvalue weighted by molar-refractivity contribution is 0.855. The molecule has 0 aromatic heterocycles. The molecule has 140 valence electrons. The first-order chi connectivity index (χ1) is 12.1. The molecule has 1 aromatic carbocycles. The van der Waals surface area contributed by atoms with Gasteiger partial charge in [-0.25, -0.2) is 0 Å². The highest BCUT2D eigenvalue weighted by Gasteiger charge is 2.04. The monoisotopic (exact) mass is 416 g/mol. The molecule has 0 fully saturated rings. The van der Waals surface area contributed by atoms with Crippen LogP contribution in [0.5, 0.6) is 0 Å². The fraction of sp³-hybridized carbons (Fsp3) is 0.529. The van der Waals surface area contributed by atoms with Gasteiger partial charge in [0.15, 0.2) is 10.2 Å². The number of hydrogen-bond acceptors (Lipinski definition) is 4. The van der Waals surface area contributed by atoms with Crippen LogP contribution >= 0.6 is 48.0 Å². The van der Waals surface area contributed by atoms with E-state index in [0.717, 1.165) is 54.4 Å². The molecule has 4 N–H and O–H groups in total. The smallest absolute Gasteiger partial charge is 0.170 e. The Kier molecular flexibility index (Phi) is 12.1. The van der Waals surface area contributed by atoms with Crippen molar-refractivity contribution in [1.29, 1.82) is 0 Å². The Hall–Kier alpha value is -0.700. The predicted octanol–water partition coefficient (Wildman–Crippen LogP) is 4.07. The van der Waals surface area contributed by atoms with E-state index < -0.39 is 0 Å². The van der Waals surface area contributed by atoms with Gasteiger partial charge in [0.2, 0.25) is 0 Å². The van der Waals surface area contributed by atoms with Crippen molar-refractivity contribution in [2.45, 2.75) is 19.8 Å². The molecule has 0 radical (unpaired) electrons. The Morgan fingerprint density at radius 3 is 2.04 bits per heavy atom. The van der Waals surface area contributed by atoms with Gasteiger partial charge in [0, 0.05) is 24.5 Å².